The van der Waals surface area contributed by atoms with Crippen LogP contribution in [0, 0.1) is 6.92 Å². The van der Waals surface area contributed by atoms with Gasteiger partial charge in [-0.25, -0.2) is 0 Å². The van der Waals surface area contributed by atoms with Gasteiger partial charge in [0.05, 0.1) is 25.3 Å². The minimum atomic E-state index is 0.222. The number of likely N-dealkylation sites (N-methyl/N-ethyl adjacent to an activating group) is 1. The number of amides is 1. The molecule has 1 aliphatic heterocycles. The molecule has 128 valence electrons. The molecular formula is C19H26N4O. The van der Waals surface area contributed by atoms with Gasteiger partial charge in [-0.3, -0.25) is 14.4 Å². The standard InChI is InChI=1S/C19H26N4O/c1-16-11-20-22(12-16)14-18-9-6-10-23(18)19(24)15-21(2)13-17-7-4-3-5-8-17/h3-5,7-8,11-12,18H,6,9-10,13-15H2,1-2H3/t18-/m1/s1. The summed E-state index contributed by atoms with van der Waals surface area (Å²) in [5.74, 6) is 0.222. The van der Waals surface area contributed by atoms with E-state index in [-0.39, 0.29) is 11.9 Å². The van der Waals surface area contributed by atoms with Crippen LogP contribution in [0.1, 0.15) is 24.0 Å². The third-order valence-electron chi connectivity index (χ3n) is 4.56. The number of aromatic nitrogens is 2. The number of carbonyl (C=O) groups excluding carboxylic acids is 1. The largest absolute Gasteiger partial charge is 0.337 e. The first kappa shape index (κ1) is 16.7. The maximum Gasteiger partial charge on any atom is 0.237 e. The van der Waals surface area contributed by atoms with Crippen LogP contribution in [0.15, 0.2) is 42.7 Å². The van der Waals surface area contributed by atoms with Gasteiger partial charge in [-0.1, -0.05) is 30.3 Å². The number of hydrogen-bond acceptors (Lipinski definition) is 3. The number of aryl methyl sites for hydroxylation is 1. The van der Waals surface area contributed by atoms with Gasteiger partial charge in [0.1, 0.15) is 0 Å². The number of benzene rings is 1. The van der Waals surface area contributed by atoms with Crippen molar-refractivity contribution in [3.8, 4) is 0 Å². The molecule has 2 heterocycles. The molecule has 0 unspecified atom stereocenters. The van der Waals surface area contributed by atoms with Crippen molar-refractivity contribution in [3.63, 3.8) is 0 Å². The first-order valence-electron chi connectivity index (χ1n) is 8.63. The summed E-state index contributed by atoms with van der Waals surface area (Å²) < 4.78 is 1.96. The molecule has 0 N–H and O–H groups in total. The SMILES string of the molecule is Cc1cnn(C[C@H]2CCCN2C(=O)CN(C)Cc2ccccc2)c1. The molecule has 3 rings (SSSR count). The molecule has 1 fully saturated rings. The summed E-state index contributed by atoms with van der Waals surface area (Å²) in [6, 6.07) is 10.5. The average molecular weight is 326 g/mol. The van der Waals surface area contributed by atoms with Gasteiger partial charge < -0.3 is 4.90 Å². The molecule has 1 amide bonds. The molecular weight excluding hydrogens is 300 g/mol. The molecule has 1 saturated heterocycles. The van der Waals surface area contributed by atoms with Crippen LogP contribution in [0.5, 0.6) is 0 Å². The van der Waals surface area contributed by atoms with Crippen molar-refractivity contribution in [1.29, 1.82) is 0 Å². The average Bonchev–Trinajstić information content (AvgIpc) is 3.17. The monoisotopic (exact) mass is 326 g/mol. The van der Waals surface area contributed by atoms with Gasteiger partial charge in [-0.15, -0.1) is 0 Å². The summed E-state index contributed by atoms with van der Waals surface area (Å²) in [4.78, 5) is 16.8. The fourth-order valence-electron chi connectivity index (χ4n) is 3.41. The number of rotatable bonds is 6. The van der Waals surface area contributed by atoms with Crippen molar-refractivity contribution in [3.05, 3.63) is 53.9 Å². The van der Waals surface area contributed by atoms with Gasteiger partial charge in [0.25, 0.3) is 0 Å². The lowest BCUT2D eigenvalue weighted by molar-refractivity contribution is -0.133. The van der Waals surface area contributed by atoms with Crippen LogP contribution in [0.4, 0.5) is 0 Å². The highest BCUT2D eigenvalue weighted by atomic mass is 16.2. The highest BCUT2D eigenvalue weighted by molar-refractivity contribution is 5.78. The van der Waals surface area contributed by atoms with E-state index < -0.39 is 0 Å². The second-order valence-electron chi connectivity index (χ2n) is 6.78. The van der Waals surface area contributed by atoms with E-state index >= 15 is 0 Å². The Hall–Kier alpha value is -2.14. The summed E-state index contributed by atoms with van der Waals surface area (Å²) in [7, 11) is 2.01. The second kappa shape index (κ2) is 7.62. The lowest BCUT2D eigenvalue weighted by atomic mass is 10.2. The van der Waals surface area contributed by atoms with Gasteiger partial charge in [0.2, 0.25) is 5.91 Å². The Morgan fingerprint density at radius 2 is 2.12 bits per heavy atom. The van der Waals surface area contributed by atoms with Gasteiger partial charge in [0.15, 0.2) is 0 Å². The van der Waals surface area contributed by atoms with Crippen LogP contribution in [0.25, 0.3) is 0 Å². The maximum atomic E-state index is 12.7. The van der Waals surface area contributed by atoms with E-state index in [4.69, 9.17) is 0 Å². The minimum Gasteiger partial charge on any atom is -0.337 e. The Balaban J connectivity index is 1.55. The topological polar surface area (TPSA) is 41.4 Å². The predicted molar refractivity (Wildman–Crippen MR) is 94.5 cm³/mol. The van der Waals surface area contributed by atoms with E-state index in [0.717, 1.165) is 38.0 Å². The van der Waals surface area contributed by atoms with Crippen molar-refractivity contribution in [2.45, 2.75) is 38.9 Å². The predicted octanol–water partition coefficient (Wildman–Crippen LogP) is 2.31. The van der Waals surface area contributed by atoms with Crippen molar-refractivity contribution in [1.82, 2.24) is 19.6 Å². The molecule has 5 heteroatoms. The van der Waals surface area contributed by atoms with E-state index in [1.54, 1.807) is 0 Å². The fraction of sp³-hybridized carbons (Fsp3) is 0.474. The smallest absolute Gasteiger partial charge is 0.237 e. The molecule has 0 radical (unpaired) electrons. The van der Waals surface area contributed by atoms with Crippen LogP contribution < -0.4 is 0 Å². The Bertz CT molecular complexity index is 667. The molecule has 24 heavy (non-hydrogen) atoms. The summed E-state index contributed by atoms with van der Waals surface area (Å²) in [5.41, 5.74) is 2.39. The van der Waals surface area contributed by atoms with E-state index in [1.165, 1.54) is 5.56 Å². The molecule has 0 spiro atoms. The molecule has 0 bridgehead atoms. The first-order chi connectivity index (χ1) is 11.6. The lowest BCUT2D eigenvalue weighted by Gasteiger charge is -2.27. The third-order valence-corrected chi connectivity index (χ3v) is 4.56. The van der Waals surface area contributed by atoms with Crippen LogP contribution in [0.3, 0.4) is 0 Å². The van der Waals surface area contributed by atoms with Crippen LogP contribution in [-0.4, -0.2) is 51.7 Å². The van der Waals surface area contributed by atoms with Crippen molar-refractivity contribution < 1.29 is 4.79 Å². The third kappa shape index (κ3) is 4.23. The van der Waals surface area contributed by atoms with Gasteiger partial charge in [-0.2, -0.15) is 5.10 Å². The van der Waals surface area contributed by atoms with Crippen LogP contribution in [-0.2, 0) is 17.9 Å². The van der Waals surface area contributed by atoms with Gasteiger partial charge in [0, 0.05) is 19.3 Å². The van der Waals surface area contributed by atoms with E-state index in [2.05, 4.69) is 22.1 Å². The fourth-order valence-corrected chi connectivity index (χ4v) is 3.41. The molecule has 0 saturated carbocycles. The quantitative estimate of drug-likeness (QED) is 0.818. The zero-order chi connectivity index (χ0) is 16.9. The van der Waals surface area contributed by atoms with Crippen molar-refractivity contribution >= 4 is 5.91 Å². The van der Waals surface area contributed by atoms with E-state index in [0.29, 0.717) is 6.54 Å². The summed E-state index contributed by atoms with van der Waals surface area (Å²) >= 11 is 0. The number of carbonyl (C=O) groups is 1. The van der Waals surface area contributed by atoms with Crippen molar-refractivity contribution in [2.75, 3.05) is 20.1 Å². The molecule has 1 aromatic carbocycles. The Morgan fingerprint density at radius 1 is 1.33 bits per heavy atom. The Labute approximate surface area is 143 Å². The molecule has 2 aromatic rings. The summed E-state index contributed by atoms with van der Waals surface area (Å²) in [6.07, 6.45) is 6.06. The molecule has 1 aliphatic rings. The number of likely N-dealkylation sites (tertiary alicyclic amines) is 1. The zero-order valence-corrected chi connectivity index (χ0v) is 14.6. The summed E-state index contributed by atoms with van der Waals surface area (Å²) in [5, 5.41) is 4.36. The van der Waals surface area contributed by atoms with Crippen molar-refractivity contribution in [2.24, 2.45) is 0 Å². The van der Waals surface area contributed by atoms with Crippen LogP contribution in [0.2, 0.25) is 0 Å². The van der Waals surface area contributed by atoms with Crippen LogP contribution >= 0.6 is 0 Å². The molecule has 1 aromatic heterocycles. The highest BCUT2D eigenvalue weighted by Gasteiger charge is 2.29. The summed E-state index contributed by atoms with van der Waals surface area (Å²) in [6.45, 7) is 4.96. The van der Waals surface area contributed by atoms with Gasteiger partial charge in [-0.05, 0) is 37.9 Å². The Kier molecular flexibility index (Phi) is 5.30. The lowest BCUT2D eigenvalue weighted by Crippen LogP contribution is -2.43. The normalized spacial score (nSPS) is 17.6. The van der Waals surface area contributed by atoms with E-state index in [1.807, 2.05) is 54.1 Å². The van der Waals surface area contributed by atoms with Gasteiger partial charge >= 0.3 is 0 Å². The molecule has 5 nitrogen and oxygen atoms in total. The minimum absolute atomic E-state index is 0.222. The number of hydrogen-bond donors (Lipinski definition) is 0. The van der Waals surface area contributed by atoms with E-state index in [9.17, 15) is 4.79 Å². The number of nitrogens with zero attached hydrogens (tertiary/aromatic N) is 4. The maximum absolute atomic E-state index is 12.7. The molecule has 1 atom stereocenters. The molecule has 0 aliphatic carbocycles. The highest BCUT2D eigenvalue weighted by Crippen LogP contribution is 2.19. The second-order valence-corrected chi connectivity index (χ2v) is 6.78. The Morgan fingerprint density at radius 3 is 2.83 bits per heavy atom. The zero-order valence-electron chi connectivity index (χ0n) is 14.6. The first-order valence-corrected chi connectivity index (χ1v) is 8.63.